The Hall–Kier alpha value is -0.840. The second-order valence-electron chi connectivity index (χ2n) is 16.0. The highest BCUT2D eigenvalue weighted by molar-refractivity contribution is 7.47. The third-order valence-electron chi connectivity index (χ3n) is 9.53. The van der Waals surface area contributed by atoms with Crippen molar-refractivity contribution in [2.24, 2.45) is 0 Å². The quantitative estimate of drug-likeness (QED) is 0.0183. The van der Waals surface area contributed by atoms with E-state index in [-0.39, 0.29) is 32.2 Å². The number of carbonyl (C=O) groups excluding carboxylic acids is 1. The summed E-state index contributed by atoms with van der Waals surface area (Å²) in [6.45, 7) is 5.37. The van der Waals surface area contributed by atoms with Crippen molar-refractivity contribution in [3.63, 3.8) is 0 Å². The molecule has 0 saturated carbocycles. The van der Waals surface area contributed by atoms with Crippen LogP contribution in [0.15, 0.2) is 12.2 Å². The van der Waals surface area contributed by atoms with Gasteiger partial charge in [-0.05, 0) is 38.5 Å². The summed E-state index contributed by atoms with van der Waals surface area (Å²) in [5.41, 5.74) is 0. The van der Waals surface area contributed by atoms with E-state index in [0.29, 0.717) is 36.9 Å². The second kappa shape index (κ2) is 35.6. The molecule has 11 heteroatoms. The van der Waals surface area contributed by atoms with Crippen LogP contribution in [0.5, 0.6) is 0 Å². The van der Waals surface area contributed by atoms with Crippen molar-refractivity contribution in [2.45, 2.75) is 199 Å². The van der Waals surface area contributed by atoms with Gasteiger partial charge in [-0.25, -0.2) is 4.57 Å². The van der Waals surface area contributed by atoms with Gasteiger partial charge in [0, 0.05) is 13.0 Å². The van der Waals surface area contributed by atoms with E-state index in [2.05, 4.69) is 19.9 Å². The first-order chi connectivity index (χ1) is 25.4. The van der Waals surface area contributed by atoms with Crippen molar-refractivity contribution < 1.29 is 47.5 Å². The zero-order chi connectivity index (χ0) is 39.5. The van der Waals surface area contributed by atoms with E-state index in [1.165, 1.54) is 77.0 Å². The zero-order valence-electron chi connectivity index (χ0n) is 35.0. The maximum Gasteiger partial charge on any atom is 0.472 e. The number of likely N-dealkylation sites (N-methyl/N-ethyl adjacent to an activating group) is 1. The van der Waals surface area contributed by atoms with Gasteiger partial charge in [0.1, 0.15) is 19.3 Å². The van der Waals surface area contributed by atoms with Gasteiger partial charge in [-0.15, -0.1) is 0 Å². The molecule has 4 unspecified atom stereocenters. The average Bonchev–Trinajstić information content (AvgIpc) is 3.10. The van der Waals surface area contributed by atoms with Crippen LogP contribution in [0, 0.1) is 0 Å². The molecule has 0 aromatic heterocycles. The van der Waals surface area contributed by atoms with Gasteiger partial charge in [0.05, 0.1) is 46.6 Å². The van der Waals surface area contributed by atoms with Gasteiger partial charge in [-0.3, -0.25) is 13.8 Å². The van der Waals surface area contributed by atoms with E-state index in [1.54, 1.807) is 0 Å². The molecule has 0 saturated heterocycles. The maximum atomic E-state index is 12.7. The average molecular weight is 779 g/mol. The van der Waals surface area contributed by atoms with Crippen LogP contribution in [0.1, 0.15) is 181 Å². The lowest BCUT2D eigenvalue weighted by Gasteiger charge is -2.24. The standard InChI is InChI=1S/C42H84NO9P/c1-6-8-10-11-12-13-14-15-16-17-20-23-26-30-35-49-37-39(38-51-53(47,48)50-36-34-43(3,4)5)52-42(46)33-29-25-22-19-18-21-24-28-32-41(45)40(44)31-27-9-7-2/h24,28,39-41,44-45H,6-23,25-27,29-38H2,1-5H3/p+1/b28-24-. The lowest BCUT2D eigenvalue weighted by Crippen LogP contribution is -2.37. The molecule has 0 fully saturated rings. The summed E-state index contributed by atoms with van der Waals surface area (Å²) in [4.78, 5) is 22.8. The number of esters is 1. The highest BCUT2D eigenvalue weighted by atomic mass is 31.2. The second-order valence-corrected chi connectivity index (χ2v) is 17.5. The minimum Gasteiger partial charge on any atom is -0.457 e. The Kier molecular flexibility index (Phi) is 35.0. The van der Waals surface area contributed by atoms with Gasteiger partial charge in [0.15, 0.2) is 0 Å². The molecule has 0 aliphatic heterocycles. The number of aliphatic hydroxyl groups excluding tert-OH is 2. The van der Waals surface area contributed by atoms with Crippen LogP contribution in [0.3, 0.4) is 0 Å². The van der Waals surface area contributed by atoms with Crippen molar-refractivity contribution in [2.75, 3.05) is 54.1 Å². The fourth-order valence-electron chi connectivity index (χ4n) is 5.99. The lowest BCUT2D eigenvalue weighted by molar-refractivity contribution is -0.870. The lowest BCUT2D eigenvalue weighted by atomic mass is 10.0. The summed E-state index contributed by atoms with van der Waals surface area (Å²) in [6.07, 6.45) is 30.0. The third kappa shape index (κ3) is 37.8. The van der Waals surface area contributed by atoms with Crippen molar-refractivity contribution in [3.8, 4) is 0 Å². The van der Waals surface area contributed by atoms with E-state index >= 15 is 0 Å². The molecular formula is C42H85NO9P+. The van der Waals surface area contributed by atoms with E-state index in [4.69, 9.17) is 18.5 Å². The Morgan fingerprint density at radius 1 is 0.642 bits per heavy atom. The smallest absolute Gasteiger partial charge is 0.457 e. The fourth-order valence-corrected chi connectivity index (χ4v) is 6.73. The number of rotatable bonds is 40. The van der Waals surface area contributed by atoms with E-state index in [0.717, 1.165) is 64.2 Å². The number of unbranched alkanes of at least 4 members (excludes halogenated alkanes) is 20. The van der Waals surface area contributed by atoms with Gasteiger partial charge in [-0.2, -0.15) is 0 Å². The van der Waals surface area contributed by atoms with Crippen LogP contribution in [-0.4, -0.2) is 98.0 Å². The molecule has 0 aromatic rings. The van der Waals surface area contributed by atoms with Crippen LogP contribution in [0.4, 0.5) is 0 Å². The molecule has 3 N–H and O–H groups in total. The summed E-state index contributed by atoms with van der Waals surface area (Å²) in [6, 6.07) is 0. The van der Waals surface area contributed by atoms with E-state index in [9.17, 15) is 24.5 Å². The SMILES string of the molecule is CCCCCCCCCCCCCCCCOCC(COP(=O)(O)OCC[N+](C)(C)C)OC(=O)CCCCCCC/C=C\CC(O)C(O)CCCCC. The number of hydrogen-bond donors (Lipinski definition) is 3. The predicted molar refractivity (Wildman–Crippen MR) is 218 cm³/mol. The van der Waals surface area contributed by atoms with Crippen LogP contribution in [0.2, 0.25) is 0 Å². The number of phosphoric ester groups is 1. The Balaban J connectivity index is 4.32. The van der Waals surface area contributed by atoms with Gasteiger partial charge in [-0.1, -0.05) is 148 Å². The molecule has 4 atom stereocenters. The Bertz CT molecular complexity index is 898. The Labute approximate surface area is 326 Å². The molecule has 0 bridgehead atoms. The van der Waals surface area contributed by atoms with Crippen molar-refractivity contribution in [1.29, 1.82) is 0 Å². The molecule has 10 nitrogen and oxygen atoms in total. The largest absolute Gasteiger partial charge is 0.472 e. The fraction of sp³-hybridized carbons (Fsp3) is 0.929. The molecule has 53 heavy (non-hydrogen) atoms. The molecule has 0 aromatic carbocycles. The minimum atomic E-state index is -4.30. The van der Waals surface area contributed by atoms with E-state index in [1.807, 2.05) is 27.2 Å². The number of hydrogen-bond acceptors (Lipinski definition) is 8. The predicted octanol–water partition coefficient (Wildman–Crippen LogP) is 10.2. The Morgan fingerprint density at radius 3 is 1.75 bits per heavy atom. The number of ether oxygens (including phenoxy) is 2. The van der Waals surface area contributed by atoms with Crippen molar-refractivity contribution in [3.05, 3.63) is 12.2 Å². The number of aliphatic hydroxyl groups is 2. The molecular weight excluding hydrogens is 693 g/mol. The summed E-state index contributed by atoms with van der Waals surface area (Å²) in [5.74, 6) is -0.365. The monoisotopic (exact) mass is 779 g/mol. The van der Waals surface area contributed by atoms with Gasteiger partial charge >= 0.3 is 13.8 Å². The van der Waals surface area contributed by atoms with Crippen LogP contribution in [-0.2, 0) is 27.9 Å². The molecule has 316 valence electrons. The molecule has 0 spiro atoms. The molecule has 0 amide bonds. The highest BCUT2D eigenvalue weighted by Gasteiger charge is 2.26. The van der Waals surface area contributed by atoms with Crippen LogP contribution in [0.25, 0.3) is 0 Å². The molecule has 0 rings (SSSR count). The van der Waals surface area contributed by atoms with Crippen molar-refractivity contribution >= 4 is 13.8 Å². The minimum absolute atomic E-state index is 0.0695. The number of nitrogens with zero attached hydrogens (tertiary/aromatic N) is 1. The summed E-state index contributed by atoms with van der Waals surface area (Å²) in [7, 11) is 1.60. The van der Waals surface area contributed by atoms with Crippen LogP contribution < -0.4 is 0 Å². The van der Waals surface area contributed by atoms with E-state index < -0.39 is 26.1 Å². The third-order valence-corrected chi connectivity index (χ3v) is 10.5. The number of quaternary nitrogens is 1. The first-order valence-electron chi connectivity index (χ1n) is 21.6. The first-order valence-corrected chi connectivity index (χ1v) is 23.1. The summed E-state index contributed by atoms with van der Waals surface area (Å²) >= 11 is 0. The Morgan fingerprint density at radius 2 is 1.17 bits per heavy atom. The molecule has 0 aliphatic rings. The van der Waals surface area contributed by atoms with Gasteiger partial charge < -0.3 is 29.1 Å². The molecule has 0 aliphatic carbocycles. The molecule has 0 radical (unpaired) electrons. The first kappa shape index (κ1) is 52.2. The van der Waals surface area contributed by atoms with Crippen LogP contribution >= 0.6 is 7.82 Å². The molecule has 0 heterocycles. The van der Waals surface area contributed by atoms with Crippen molar-refractivity contribution in [1.82, 2.24) is 0 Å². The topological polar surface area (TPSA) is 132 Å². The number of carbonyl (C=O) groups is 1. The summed E-state index contributed by atoms with van der Waals surface area (Å²) in [5, 5.41) is 20.1. The zero-order valence-corrected chi connectivity index (χ0v) is 35.9. The normalized spacial score (nSPS) is 15.1. The number of allylic oxidation sites excluding steroid dienone is 1. The highest BCUT2D eigenvalue weighted by Crippen LogP contribution is 2.43. The maximum absolute atomic E-state index is 12.7. The summed E-state index contributed by atoms with van der Waals surface area (Å²) < 4.78 is 34.9. The van der Waals surface area contributed by atoms with Gasteiger partial charge in [0.2, 0.25) is 0 Å². The van der Waals surface area contributed by atoms with Gasteiger partial charge in [0.25, 0.3) is 0 Å². The number of phosphoric acid groups is 1.